The van der Waals surface area contributed by atoms with Crippen LogP contribution >= 0.6 is 0 Å². The molecule has 1 aliphatic rings. The van der Waals surface area contributed by atoms with E-state index in [2.05, 4.69) is 27.4 Å². The lowest BCUT2D eigenvalue weighted by Gasteiger charge is -2.32. The number of nitrogens with one attached hydrogen (secondary N) is 1. The van der Waals surface area contributed by atoms with Gasteiger partial charge in [0.15, 0.2) is 0 Å². The molecule has 4 nitrogen and oxygen atoms in total. The minimum absolute atomic E-state index is 0.487. The molecule has 4 heteroatoms. The molecule has 0 amide bonds. The summed E-state index contributed by atoms with van der Waals surface area (Å²) in [6, 6.07) is 5.18. The molecule has 0 aromatic carbocycles. The first-order valence-electron chi connectivity index (χ1n) is 6.51. The highest BCUT2D eigenvalue weighted by molar-refractivity contribution is 4.89. The standard InChI is InChI=1S/C13H20N4/c14-8-3-4-9-15-12-6-1-2-7-13(12)17-11-5-10-16-17/h5,10-13,15H,1-4,6-7,9H2. The molecule has 0 radical (unpaired) electrons. The fraction of sp³-hybridized carbons (Fsp3) is 0.692. The summed E-state index contributed by atoms with van der Waals surface area (Å²) in [5, 5.41) is 16.5. The third-order valence-electron chi connectivity index (χ3n) is 3.47. The summed E-state index contributed by atoms with van der Waals surface area (Å²) in [5.41, 5.74) is 0. The van der Waals surface area contributed by atoms with Crippen LogP contribution in [-0.2, 0) is 0 Å². The van der Waals surface area contributed by atoms with Gasteiger partial charge in [-0.1, -0.05) is 12.8 Å². The minimum atomic E-state index is 0.487. The number of aromatic nitrogens is 2. The molecule has 0 spiro atoms. The maximum absolute atomic E-state index is 8.51. The van der Waals surface area contributed by atoms with Gasteiger partial charge in [-0.25, -0.2) is 0 Å². The maximum Gasteiger partial charge on any atom is 0.0672 e. The predicted molar refractivity (Wildman–Crippen MR) is 66.4 cm³/mol. The minimum Gasteiger partial charge on any atom is -0.312 e. The Bertz CT molecular complexity index is 352. The summed E-state index contributed by atoms with van der Waals surface area (Å²) in [4.78, 5) is 0. The summed E-state index contributed by atoms with van der Waals surface area (Å²) in [6.07, 6.45) is 10.5. The van der Waals surface area contributed by atoms with E-state index in [1.807, 2.05) is 12.3 Å². The smallest absolute Gasteiger partial charge is 0.0672 e. The molecule has 17 heavy (non-hydrogen) atoms. The Labute approximate surface area is 103 Å². The van der Waals surface area contributed by atoms with Crippen LogP contribution in [0, 0.1) is 11.3 Å². The summed E-state index contributed by atoms with van der Waals surface area (Å²) in [6.45, 7) is 0.940. The second-order valence-electron chi connectivity index (χ2n) is 4.66. The Kier molecular flexibility index (Phi) is 4.57. The van der Waals surface area contributed by atoms with E-state index < -0.39 is 0 Å². The highest BCUT2D eigenvalue weighted by Gasteiger charge is 2.25. The van der Waals surface area contributed by atoms with E-state index >= 15 is 0 Å². The van der Waals surface area contributed by atoms with Gasteiger partial charge in [-0.3, -0.25) is 4.68 Å². The van der Waals surface area contributed by atoms with Gasteiger partial charge in [0.25, 0.3) is 0 Å². The number of nitriles is 1. The first-order valence-corrected chi connectivity index (χ1v) is 6.51. The molecule has 2 unspecified atom stereocenters. The molecule has 2 atom stereocenters. The lowest BCUT2D eigenvalue weighted by molar-refractivity contribution is 0.247. The highest BCUT2D eigenvalue weighted by Crippen LogP contribution is 2.27. The fourth-order valence-corrected chi connectivity index (χ4v) is 2.60. The average molecular weight is 232 g/mol. The Balaban J connectivity index is 1.87. The predicted octanol–water partition coefficient (Wildman–Crippen LogP) is 2.26. The molecule has 1 aliphatic carbocycles. The van der Waals surface area contributed by atoms with Crippen molar-refractivity contribution in [3.63, 3.8) is 0 Å². The molecular weight excluding hydrogens is 212 g/mol. The van der Waals surface area contributed by atoms with Gasteiger partial charge >= 0.3 is 0 Å². The van der Waals surface area contributed by atoms with E-state index in [1.54, 1.807) is 0 Å². The van der Waals surface area contributed by atoms with Crippen LogP contribution in [0.2, 0.25) is 0 Å². The number of unbranched alkanes of at least 4 members (excludes halogenated alkanes) is 1. The van der Waals surface area contributed by atoms with E-state index in [9.17, 15) is 0 Å². The van der Waals surface area contributed by atoms with E-state index in [0.29, 0.717) is 18.5 Å². The molecule has 0 bridgehead atoms. The summed E-state index contributed by atoms with van der Waals surface area (Å²) in [5.74, 6) is 0. The van der Waals surface area contributed by atoms with Crippen molar-refractivity contribution in [1.29, 1.82) is 5.26 Å². The molecular formula is C13H20N4. The number of nitrogens with zero attached hydrogens (tertiary/aromatic N) is 3. The van der Waals surface area contributed by atoms with Crippen LogP contribution in [0.1, 0.15) is 44.6 Å². The van der Waals surface area contributed by atoms with Gasteiger partial charge < -0.3 is 5.32 Å². The van der Waals surface area contributed by atoms with Crippen molar-refractivity contribution in [3.05, 3.63) is 18.5 Å². The monoisotopic (exact) mass is 232 g/mol. The molecule has 1 N–H and O–H groups in total. The molecule has 0 saturated heterocycles. The van der Waals surface area contributed by atoms with Crippen molar-refractivity contribution in [2.24, 2.45) is 0 Å². The molecule has 1 aromatic rings. The fourth-order valence-electron chi connectivity index (χ4n) is 2.60. The van der Waals surface area contributed by atoms with Gasteiger partial charge in [0.1, 0.15) is 0 Å². The van der Waals surface area contributed by atoms with Crippen LogP contribution in [0.4, 0.5) is 0 Å². The lowest BCUT2D eigenvalue weighted by atomic mass is 9.90. The third kappa shape index (κ3) is 3.31. The zero-order valence-corrected chi connectivity index (χ0v) is 10.2. The van der Waals surface area contributed by atoms with E-state index in [4.69, 9.17) is 5.26 Å². The van der Waals surface area contributed by atoms with Gasteiger partial charge in [-0.05, 0) is 31.9 Å². The van der Waals surface area contributed by atoms with E-state index in [-0.39, 0.29) is 0 Å². The van der Waals surface area contributed by atoms with Crippen molar-refractivity contribution in [2.45, 2.75) is 50.6 Å². The number of hydrogen-bond acceptors (Lipinski definition) is 3. The Morgan fingerprint density at radius 1 is 1.41 bits per heavy atom. The largest absolute Gasteiger partial charge is 0.312 e. The first kappa shape index (κ1) is 12.1. The van der Waals surface area contributed by atoms with Crippen LogP contribution in [0.5, 0.6) is 0 Å². The number of rotatable bonds is 5. The molecule has 0 aliphatic heterocycles. The Morgan fingerprint density at radius 3 is 3.06 bits per heavy atom. The zero-order valence-electron chi connectivity index (χ0n) is 10.2. The summed E-state index contributed by atoms with van der Waals surface area (Å²) < 4.78 is 2.08. The van der Waals surface area contributed by atoms with Gasteiger partial charge in [-0.2, -0.15) is 10.4 Å². The quantitative estimate of drug-likeness (QED) is 0.792. The van der Waals surface area contributed by atoms with Gasteiger partial charge in [0.2, 0.25) is 0 Å². The molecule has 2 rings (SSSR count). The van der Waals surface area contributed by atoms with Gasteiger partial charge in [0, 0.05) is 24.9 Å². The molecule has 1 aromatic heterocycles. The topological polar surface area (TPSA) is 53.6 Å². The van der Waals surface area contributed by atoms with Crippen molar-refractivity contribution < 1.29 is 0 Å². The van der Waals surface area contributed by atoms with Gasteiger partial charge in [0.05, 0.1) is 12.1 Å². The maximum atomic E-state index is 8.51. The van der Waals surface area contributed by atoms with Crippen LogP contribution in [-0.4, -0.2) is 22.4 Å². The molecule has 92 valence electrons. The zero-order chi connectivity index (χ0) is 11.9. The van der Waals surface area contributed by atoms with Crippen LogP contribution < -0.4 is 5.32 Å². The third-order valence-corrected chi connectivity index (χ3v) is 3.47. The highest BCUT2D eigenvalue weighted by atomic mass is 15.3. The normalized spacial score (nSPS) is 24.4. The molecule has 1 fully saturated rings. The van der Waals surface area contributed by atoms with Crippen molar-refractivity contribution >= 4 is 0 Å². The number of hydrogen-bond donors (Lipinski definition) is 1. The SMILES string of the molecule is N#CCCCNC1CCCCC1n1cccn1. The van der Waals surface area contributed by atoms with Crippen molar-refractivity contribution in [3.8, 4) is 6.07 Å². The molecule has 1 saturated carbocycles. The van der Waals surface area contributed by atoms with E-state index in [0.717, 1.165) is 13.0 Å². The second-order valence-corrected chi connectivity index (χ2v) is 4.66. The Morgan fingerprint density at radius 2 is 2.29 bits per heavy atom. The van der Waals surface area contributed by atoms with Crippen LogP contribution in [0.25, 0.3) is 0 Å². The summed E-state index contributed by atoms with van der Waals surface area (Å²) in [7, 11) is 0. The average Bonchev–Trinajstić information content (AvgIpc) is 2.89. The summed E-state index contributed by atoms with van der Waals surface area (Å²) >= 11 is 0. The van der Waals surface area contributed by atoms with Crippen LogP contribution in [0.15, 0.2) is 18.5 Å². The van der Waals surface area contributed by atoms with Crippen molar-refractivity contribution in [2.75, 3.05) is 6.54 Å². The van der Waals surface area contributed by atoms with Gasteiger partial charge in [-0.15, -0.1) is 0 Å². The molecule has 1 heterocycles. The van der Waals surface area contributed by atoms with Crippen molar-refractivity contribution in [1.82, 2.24) is 15.1 Å². The second kappa shape index (κ2) is 6.41. The van der Waals surface area contributed by atoms with Crippen LogP contribution in [0.3, 0.4) is 0 Å². The Hall–Kier alpha value is -1.34. The first-order chi connectivity index (χ1) is 8.42. The lowest BCUT2D eigenvalue weighted by Crippen LogP contribution is -2.40. The van der Waals surface area contributed by atoms with E-state index in [1.165, 1.54) is 25.7 Å².